The molecule has 2 N–H and O–H groups in total. The van der Waals surface area contributed by atoms with Crippen LogP contribution in [0.2, 0.25) is 0 Å². The Kier molecular flexibility index (Phi) is 4.14. The molecule has 0 fully saturated rings. The highest BCUT2D eigenvalue weighted by Gasteiger charge is 2.23. The predicted molar refractivity (Wildman–Crippen MR) is 96.6 cm³/mol. The lowest BCUT2D eigenvalue weighted by Crippen LogP contribution is -2.32. The van der Waals surface area contributed by atoms with E-state index in [-0.39, 0.29) is 11.9 Å². The summed E-state index contributed by atoms with van der Waals surface area (Å²) in [5.74, 6) is 0.831. The summed E-state index contributed by atoms with van der Waals surface area (Å²) in [6, 6.07) is 12.0. The monoisotopic (exact) mass is 335 g/mol. The smallest absolute Gasteiger partial charge is 0.224 e. The molecule has 128 valence electrons. The summed E-state index contributed by atoms with van der Waals surface area (Å²) in [6.45, 7) is 0. The Morgan fingerprint density at radius 1 is 1.36 bits per heavy atom. The third-order valence-electron chi connectivity index (χ3n) is 4.90. The van der Waals surface area contributed by atoms with Crippen molar-refractivity contribution in [1.82, 2.24) is 15.5 Å². The fraction of sp³-hybridized carbons (Fsp3) is 0.300. The van der Waals surface area contributed by atoms with E-state index in [4.69, 9.17) is 4.74 Å². The van der Waals surface area contributed by atoms with Crippen LogP contribution in [0.25, 0.3) is 10.8 Å². The molecule has 0 radical (unpaired) electrons. The number of aryl methyl sites for hydroxylation is 1. The molecular weight excluding hydrogens is 314 g/mol. The Morgan fingerprint density at radius 3 is 3.16 bits per heavy atom. The van der Waals surface area contributed by atoms with E-state index < -0.39 is 0 Å². The van der Waals surface area contributed by atoms with Gasteiger partial charge >= 0.3 is 0 Å². The summed E-state index contributed by atoms with van der Waals surface area (Å²) in [6.07, 6.45) is 5.27. The van der Waals surface area contributed by atoms with Crippen LogP contribution >= 0.6 is 0 Å². The van der Waals surface area contributed by atoms with Crippen molar-refractivity contribution in [2.75, 3.05) is 7.11 Å². The molecule has 3 aromatic rings. The second-order valence-corrected chi connectivity index (χ2v) is 6.50. The highest BCUT2D eigenvalue weighted by molar-refractivity contribution is 5.91. The molecule has 1 heterocycles. The molecule has 1 aliphatic carbocycles. The number of aromatic nitrogens is 2. The van der Waals surface area contributed by atoms with Crippen molar-refractivity contribution in [2.45, 2.75) is 31.7 Å². The fourth-order valence-electron chi connectivity index (χ4n) is 3.62. The molecule has 1 amide bonds. The minimum atomic E-state index is 0.0303. The van der Waals surface area contributed by atoms with Crippen LogP contribution in [0.4, 0.5) is 0 Å². The number of H-pyrrole nitrogens is 1. The molecule has 5 heteroatoms. The number of amides is 1. The van der Waals surface area contributed by atoms with E-state index in [2.05, 4.69) is 15.5 Å². The summed E-state index contributed by atoms with van der Waals surface area (Å²) in [4.78, 5) is 12.6. The number of benzene rings is 2. The first-order valence-corrected chi connectivity index (χ1v) is 8.62. The first kappa shape index (κ1) is 15.7. The Hall–Kier alpha value is -2.82. The summed E-state index contributed by atoms with van der Waals surface area (Å²) >= 11 is 0. The van der Waals surface area contributed by atoms with Gasteiger partial charge in [0.1, 0.15) is 5.75 Å². The summed E-state index contributed by atoms with van der Waals surface area (Å²) in [5.41, 5.74) is 3.28. The van der Waals surface area contributed by atoms with Crippen LogP contribution in [-0.4, -0.2) is 23.2 Å². The van der Waals surface area contributed by atoms with E-state index in [1.165, 1.54) is 5.56 Å². The van der Waals surface area contributed by atoms with E-state index in [1.54, 1.807) is 7.11 Å². The van der Waals surface area contributed by atoms with E-state index in [9.17, 15) is 4.79 Å². The standard InChI is InChI=1S/C20H21N3O2/c1-25-16-9-8-13-4-2-5-14(17(13)11-16)10-19(24)22-18-7-3-6-15-12-21-23-20(15)18/h2,4-5,8-9,11-12,18H,3,6-7,10H2,1H3,(H,21,23)(H,22,24)/t18-/m0/s1. The lowest BCUT2D eigenvalue weighted by atomic mass is 9.93. The lowest BCUT2D eigenvalue weighted by molar-refractivity contribution is -0.121. The second-order valence-electron chi connectivity index (χ2n) is 6.50. The lowest BCUT2D eigenvalue weighted by Gasteiger charge is -2.23. The molecule has 0 unspecified atom stereocenters. The zero-order chi connectivity index (χ0) is 17.2. The summed E-state index contributed by atoms with van der Waals surface area (Å²) in [7, 11) is 1.65. The number of nitrogens with one attached hydrogen (secondary N) is 2. The van der Waals surface area contributed by atoms with Crippen LogP contribution in [0.1, 0.15) is 35.7 Å². The quantitative estimate of drug-likeness (QED) is 0.769. The van der Waals surface area contributed by atoms with Crippen molar-refractivity contribution in [3.8, 4) is 5.75 Å². The van der Waals surface area contributed by atoms with Gasteiger partial charge in [0.15, 0.2) is 0 Å². The largest absolute Gasteiger partial charge is 0.497 e. The number of rotatable bonds is 4. The number of aromatic amines is 1. The average molecular weight is 335 g/mol. The second kappa shape index (κ2) is 6.59. The fourth-order valence-corrected chi connectivity index (χ4v) is 3.62. The van der Waals surface area contributed by atoms with Gasteiger partial charge in [0.2, 0.25) is 5.91 Å². The van der Waals surface area contributed by atoms with Crippen molar-refractivity contribution < 1.29 is 9.53 Å². The van der Waals surface area contributed by atoms with Gasteiger partial charge in [0.05, 0.1) is 31.5 Å². The van der Waals surface area contributed by atoms with Crippen LogP contribution in [0.3, 0.4) is 0 Å². The van der Waals surface area contributed by atoms with Crippen molar-refractivity contribution in [3.63, 3.8) is 0 Å². The van der Waals surface area contributed by atoms with Crippen LogP contribution in [0.5, 0.6) is 5.75 Å². The van der Waals surface area contributed by atoms with Gasteiger partial charge in [-0.2, -0.15) is 5.10 Å². The molecule has 25 heavy (non-hydrogen) atoms. The molecule has 2 aromatic carbocycles. The highest BCUT2D eigenvalue weighted by Crippen LogP contribution is 2.28. The van der Waals surface area contributed by atoms with Gasteiger partial charge in [-0.15, -0.1) is 0 Å². The zero-order valence-corrected chi connectivity index (χ0v) is 14.2. The van der Waals surface area contributed by atoms with Crippen LogP contribution in [0, 0.1) is 0 Å². The molecule has 0 bridgehead atoms. The minimum Gasteiger partial charge on any atom is -0.497 e. The normalized spacial score (nSPS) is 16.4. The summed E-state index contributed by atoms with van der Waals surface area (Å²) in [5, 5.41) is 12.5. The maximum Gasteiger partial charge on any atom is 0.224 e. The topological polar surface area (TPSA) is 67.0 Å². The van der Waals surface area contributed by atoms with E-state index >= 15 is 0 Å². The number of methoxy groups -OCH3 is 1. The minimum absolute atomic E-state index is 0.0303. The molecule has 5 nitrogen and oxygen atoms in total. The van der Waals surface area contributed by atoms with Crippen LogP contribution < -0.4 is 10.1 Å². The van der Waals surface area contributed by atoms with Crippen LogP contribution in [-0.2, 0) is 17.6 Å². The first-order valence-electron chi connectivity index (χ1n) is 8.62. The van der Waals surface area contributed by atoms with Gasteiger partial charge in [0.25, 0.3) is 0 Å². The molecule has 0 saturated carbocycles. The SMILES string of the molecule is COc1ccc2cccc(CC(=O)N[C@H]3CCCc4cn[nH]c43)c2c1. The van der Waals surface area contributed by atoms with Crippen molar-refractivity contribution in [1.29, 1.82) is 0 Å². The van der Waals surface area contributed by atoms with Gasteiger partial charge in [-0.25, -0.2) is 0 Å². The number of hydrogen-bond donors (Lipinski definition) is 2. The number of fused-ring (bicyclic) bond motifs is 2. The molecule has 4 rings (SSSR count). The molecule has 0 spiro atoms. The number of ether oxygens (including phenoxy) is 1. The molecule has 0 saturated heterocycles. The van der Waals surface area contributed by atoms with Crippen LogP contribution in [0.15, 0.2) is 42.6 Å². The molecule has 1 atom stereocenters. The number of hydrogen-bond acceptors (Lipinski definition) is 3. The molecule has 1 aliphatic rings. The summed E-state index contributed by atoms with van der Waals surface area (Å²) < 4.78 is 5.32. The Balaban J connectivity index is 1.55. The Labute approximate surface area is 146 Å². The number of carbonyl (C=O) groups is 1. The maximum absolute atomic E-state index is 12.6. The van der Waals surface area contributed by atoms with E-state index in [1.807, 2.05) is 42.6 Å². The third kappa shape index (κ3) is 3.09. The van der Waals surface area contributed by atoms with Crippen molar-refractivity contribution in [3.05, 3.63) is 59.4 Å². The molecular formula is C20H21N3O2. The Bertz CT molecular complexity index is 916. The molecule has 0 aliphatic heterocycles. The Morgan fingerprint density at radius 2 is 2.28 bits per heavy atom. The van der Waals surface area contributed by atoms with E-state index in [0.717, 1.165) is 47.0 Å². The third-order valence-corrected chi connectivity index (χ3v) is 4.90. The average Bonchev–Trinajstić information content (AvgIpc) is 3.11. The molecule has 1 aromatic heterocycles. The van der Waals surface area contributed by atoms with Gasteiger partial charge in [0, 0.05) is 0 Å². The van der Waals surface area contributed by atoms with Gasteiger partial charge in [-0.3, -0.25) is 9.89 Å². The van der Waals surface area contributed by atoms with Gasteiger partial charge in [-0.05, 0) is 53.3 Å². The number of nitrogens with zero attached hydrogens (tertiary/aromatic N) is 1. The maximum atomic E-state index is 12.6. The van der Waals surface area contributed by atoms with Gasteiger partial charge < -0.3 is 10.1 Å². The zero-order valence-electron chi connectivity index (χ0n) is 14.2. The number of carbonyl (C=O) groups excluding carboxylic acids is 1. The van der Waals surface area contributed by atoms with Crippen molar-refractivity contribution in [2.24, 2.45) is 0 Å². The van der Waals surface area contributed by atoms with Crippen molar-refractivity contribution >= 4 is 16.7 Å². The first-order chi connectivity index (χ1) is 12.2. The van der Waals surface area contributed by atoms with E-state index in [0.29, 0.717) is 6.42 Å². The predicted octanol–water partition coefficient (Wildman–Crippen LogP) is 3.31. The highest BCUT2D eigenvalue weighted by atomic mass is 16.5. The van der Waals surface area contributed by atoms with Gasteiger partial charge in [-0.1, -0.05) is 24.3 Å².